The van der Waals surface area contributed by atoms with Crippen LogP contribution in [0.5, 0.6) is 0 Å². The molecule has 1 rings (SSSR count). The van der Waals surface area contributed by atoms with Crippen LogP contribution in [0.4, 0.5) is 11.4 Å². The molecule has 98 valence electrons. The number of nitrogens with one attached hydrogen (secondary N) is 1. The van der Waals surface area contributed by atoms with Gasteiger partial charge in [-0.2, -0.15) is 5.26 Å². The number of ether oxygens (including phenoxy) is 2. The van der Waals surface area contributed by atoms with E-state index >= 15 is 0 Å². The molecule has 0 amide bonds. The van der Waals surface area contributed by atoms with Crippen LogP contribution < -0.4 is 11.1 Å². The minimum atomic E-state index is 0.379. The van der Waals surface area contributed by atoms with Crippen molar-refractivity contribution >= 4 is 23.0 Å². The molecular weight excluding hydrogens is 254 g/mol. The number of benzene rings is 1. The van der Waals surface area contributed by atoms with E-state index in [1.165, 1.54) is 0 Å². The summed E-state index contributed by atoms with van der Waals surface area (Å²) in [6, 6.07) is 5.21. The van der Waals surface area contributed by atoms with Crippen molar-refractivity contribution < 1.29 is 9.47 Å². The van der Waals surface area contributed by atoms with Crippen molar-refractivity contribution in [2.75, 3.05) is 44.5 Å². The van der Waals surface area contributed by atoms with Gasteiger partial charge in [0.25, 0.3) is 0 Å². The summed E-state index contributed by atoms with van der Waals surface area (Å²) in [5.74, 6) is 0. The fourth-order valence-corrected chi connectivity index (χ4v) is 1.56. The summed E-state index contributed by atoms with van der Waals surface area (Å²) in [5.41, 5.74) is 7.10. The third kappa shape index (κ3) is 4.41. The Morgan fingerprint density at radius 3 is 2.83 bits per heavy atom. The maximum absolute atomic E-state index is 8.86. The highest BCUT2D eigenvalue weighted by atomic mass is 35.5. The number of nitrogens with zero attached hydrogens (tertiary/aromatic N) is 1. The highest BCUT2D eigenvalue weighted by Gasteiger charge is 2.05. The summed E-state index contributed by atoms with van der Waals surface area (Å²) in [6.07, 6.45) is 0. The number of hydrogen-bond acceptors (Lipinski definition) is 5. The van der Waals surface area contributed by atoms with Gasteiger partial charge in [0.1, 0.15) is 6.07 Å². The lowest BCUT2D eigenvalue weighted by Crippen LogP contribution is -2.12. The van der Waals surface area contributed by atoms with Crippen LogP contribution in [0, 0.1) is 11.3 Å². The Kier molecular flexibility index (Phi) is 6.29. The molecule has 0 aliphatic carbocycles. The quantitative estimate of drug-likeness (QED) is 0.583. The van der Waals surface area contributed by atoms with Crippen molar-refractivity contribution in [3.63, 3.8) is 0 Å². The molecule has 0 aliphatic heterocycles. The molecular formula is C12H16ClN3O2. The van der Waals surface area contributed by atoms with Gasteiger partial charge < -0.3 is 20.5 Å². The predicted molar refractivity (Wildman–Crippen MR) is 71.8 cm³/mol. The number of nitrogens with two attached hydrogens (primary N) is 1. The molecule has 0 bridgehead atoms. The van der Waals surface area contributed by atoms with Crippen LogP contribution in [0.2, 0.25) is 5.02 Å². The summed E-state index contributed by atoms with van der Waals surface area (Å²) in [5, 5.41) is 12.4. The molecule has 1 aromatic carbocycles. The predicted octanol–water partition coefficient (Wildman–Crippen LogP) is 1.87. The lowest BCUT2D eigenvalue weighted by atomic mass is 10.2. The topological polar surface area (TPSA) is 80.3 Å². The van der Waals surface area contributed by atoms with Crippen LogP contribution in [0.15, 0.2) is 12.1 Å². The van der Waals surface area contributed by atoms with E-state index in [0.717, 1.165) is 0 Å². The largest absolute Gasteiger partial charge is 0.398 e. The first-order valence-corrected chi connectivity index (χ1v) is 5.86. The molecule has 0 unspecified atom stereocenters. The standard InChI is InChI=1S/C12H16ClN3O2/c1-17-4-5-18-3-2-16-12-6-9(8-14)11(15)7-10(12)13/h6-7,16H,2-5,15H2,1H3. The van der Waals surface area contributed by atoms with Gasteiger partial charge in [-0.15, -0.1) is 0 Å². The number of methoxy groups -OCH3 is 1. The number of rotatable bonds is 7. The number of hydrogen-bond donors (Lipinski definition) is 2. The van der Waals surface area contributed by atoms with Gasteiger partial charge in [-0.3, -0.25) is 0 Å². The van der Waals surface area contributed by atoms with E-state index in [4.69, 9.17) is 32.1 Å². The molecule has 0 radical (unpaired) electrons. The molecule has 0 fully saturated rings. The SMILES string of the molecule is COCCOCCNc1cc(C#N)c(N)cc1Cl. The zero-order valence-corrected chi connectivity index (χ0v) is 11.0. The van der Waals surface area contributed by atoms with E-state index in [0.29, 0.717) is 48.3 Å². The van der Waals surface area contributed by atoms with Gasteiger partial charge in [0.05, 0.1) is 41.8 Å². The highest BCUT2D eigenvalue weighted by Crippen LogP contribution is 2.27. The van der Waals surface area contributed by atoms with Crippen molar-refractivity contribution in [3.05, 3.63) is 22.7 Å². The summed E-state index contributed by atoms with van der Waals surface area (Å²) in [6.45, 7) is 2.25. The molecule has 0 atom stereocenters. The summed E-state index contributed by atoms with van der Waals surface area (Å²) in [4.78, 5) is 0. The van der Waals surface area contributed by atoms with E-state index in [9.17, 15) is 0 Å². The molecule has 0 saturated carbocycles. The van der Waals surface area contributed by atoms with Crippen molar-refractivity contribution in [2.45, 2.75) is 0 Å². The number of anilines is 2. The van der Waals surface area contributed by atoms with Crippen molar-refractivity contribution in [1.82, 2.24) is 0 Å². The Balaban J connectivity index is 2.45. The second kappa shape index (κ2) is 7.77. The average molecular weight is 270 g/mol. The molecule has 5 nitrogen and oxygen atoms in total. The Hall–Kier alpha value is -1.48. The highest BCUT2D eigenvalue weighted by molar-refractivity contribution is 6.33. The van der Waals surface area contributed by atoms with Gasteiger partial charge in [-0.05, 0) is 12.1 Å². The van der Waals surface area contributed by atoms with Gasteiger partial charge in [0, 0.05) is 13.7 Å². The van der Waals surface area contributed by atoms with Gasteiger partial charge in [0.15, 0.2) is 0 Å². The van der Waals surface area contributed by atoms with E-state index in [1.807, 2.05) is 6.07 Å². The van der Waals surface area contributed by atoms with Crippen LogP contribution in [0.1, 0.15) is 5.56 Å². The lowest BCUT2D eigenvalue weighted by molar-refractivity contribution is 0.0759. The Morgan fingerprint density at radius 1 is 1.39 bits per heavy atom. The zero-order valence-electron chi connectivity index (χ0n) is 10.2. The molecule has 6 heteroatoms. The first-order valence-electron chi connectivity index (χ1n) is 5.48. The first-order chi connectivity index (χ1) is 8.69. The number of nitriles is 1. The Labute approximate surface area is 111 Å². The normalized spacial score (nSPS) is 10.1. The molecule has 0 saturated heterocycles. The Bertz CT molecular complexity index is 432. The van der Waals surface area contributed by atoms with Crippen LogP contribution >= 0.6 is 11.6 Å². The van der Waals surface area contributed by atoms with E-state index in [-0.39, 0.29) is 0 Å². The second-order valence-electron chi connectivity index (χ2n) is 3.56. The lowest BCUT2D eigenvalue weighted by Gasteiger charge is -2.10. The maximum Gasteiger partial charge on any atom is 0.101 e. The molecule has 3 N–H and O–H groups in total. The van der Waals surface area contributed by atoms with Crippen LogP contribution in [-0.4, -0.2) is 33.5 Å². The van der Waals surface area contributed by atoms with E-state index in [1.54, 1.807) is 19.2 Å². The average Bonchev–Trinajstić information content (AvgIpc) is 2.36. The third-order valence-corrected chi connectivity index (χ3v) is 2.57. The van der Waals surface area contributed by atoms with Crippen LogP contribution in [0.25, 0.3) is 0 Å². The van der Waals surface area contributed by atoms with Crippen molar-refractivity contribution in [1.29, 1.82) is 5.26 Å². The number of nitrogen functional groups attached to an aromatic ring is 1. The first kappa shape index (κ1) is 14.6. The molecule has 0 spiro atoms. The molecule has 0 heterocycles. The summed E-state index contributed by atoms with van der Waals surface area (Å²) >= 11 is 6.01. The van der Waals surface area contributed by atoms with Gasteiger partial charge in [-0.1, -0.05) is 11.6 Å². The molecule has 1 aromatic rings. The third-order valence-electron chi connectivity index (χ3n) is 2.25. The molecule has 18 heavy (non-hydrogen) atoms. The fourth-order valence-electron chi connectivity index (χ4n) is 1.32. The van der Waals surface area contributed by atoms with Crippen molar-refractivity contribution in [2.24, 2.45) is 0 Å². The minimum absolute atomic E-state index is 0.379. The van der Waals surface area contributed by atoms with E-state index < -0.39 is 0 Å². The minimum Gasteiger partial charge on any atom is -0.398 e. The van der Waals surface area contributed by atoms with E-state index in [2.05, 4.69) is 5.32 Å². The fraction of sp³-hybridized carbons (Fsp3) is 0.417. The monoisotopic (exact) mass is 269 g/mol. The molecule has 0 aromatic heterocycles. The smallest absolute Gasteiger partial charge is 0.101 e. The Morgan fingerprint density at radius 2 is 2.17 bits per heavy atom. The van der Waals surface area contributed by atoms with Gasteiger partial charge in [0.2, 0.25) is 0 Å². The molecule has 0 aliphatic rings. The van der Waals surface area contributed by atoms with Crippen molar-refractivity contribution in [3.8, 4) is 6.07 Å². The van der Waals surface area contributed by atoms with Gasteiger partial charge in [-0.25, -0.2) is 0 Å². The summed E-state index contributed by atoms with van der Waals surface area (Å²) in [7, 11) is 1.62. The maximum atomic E-state index is 8.86. The summed E-state index contributed by atoms with van der Waals surface area (Å²) < 4.78 is 10.1. The zero-order chi connectivity index (χ0) is 13.4. The number of halogens is 1. The van der Waals surface area contributed by atoms with Gasteiger partial charge >= 0.3 is 0 Å². The van der Waals surface area contributed by atoms with Crippen LogP contribution in [-0.2, 0) is 9.47 Å². The second-order valence-corrected chi connectivity index (χ2v) is 3.97. The van der Waals surface area contributed by atoms with Crippen LogP contribution in [0.3, 0.4) is 0 Å².